The van der Waals surface area contributed by atoms with Crippen LogP contribution in [0.1, 0.15) is 209 Å². The van der Waals surface area contributed by atoms with Gasteiger partial charge in [-0.25, -0.2) is 0 Å². The van der Waals surface area contributed by atoms with Crippen molar-refractivity contribution < 1.29 is 0 Å². The molecule has 0 bridgehead atoms. The molecule has 0 nitrogen and oxygen atoms in total. The van der Waals surface area contributed by atoms with E-state index in [1.165, 1.54) is 77.0 Å². The fourth-order valence-corrected chi connectivity index (χ4v) is 3.47. The van der Waals surface area contributed by atoms with Gasteiger partial charge in [0.15, 0.2) is 0 Å². The minimum atomic E-state index is 0.849. The second-order valence-corrected chi connectivity index (χ2v) is 10.4. The number of rotatable bonds is 13. The highest BCUT2D eigenvalue weighted by Gasteiger charge is 2.17. The molecular weight excluding hydrogens is 432 g/mol. The molecule has 4 atom stereocenters. The zero-order chi connectivity index (χ0) is 30.4. The Labute approximate surface area is 238 Å². The predicted octanol–water partition coefficient (Wildman–Crippen LogP) is 15.0. The highest BCUT2D eigenvalue weighted by atomic mass is 14.2. The molecular formula is C36H86. The molecule has 0 heteroatoms. The number of hydrogen-bond acceptors (Lipinski definition) is 0. The van der Waals surface area contributed by atoms with Crippen molar-refractivity contribution in [3.05, 3.63) is 0 Å². The average Bonchev–Trinajstić information content (AvgIpc) is 2.88. The van der Waals surface area contributed by atoms with Gasteiger partial charge in [-0.15, -0.1) is 0 Å². The molecule has 0 aromatic heterocycles. The monoisotopic (exact) mass is 519 g/mol. The van der Waals surface area contributed by atoms with Crippen molar-refractivity contribution in [2.75, 3.05) is 0 Å². The largest absolute Gasteiger partial charge is 0.0683 e. The Morgan fingerprint density at radius 3 is 0.972 bits per heavy atom. The molecule has 0 aliphatic carbocycles. The first-order chi connectivity index (χ1) is 17.1. The molecule has 4 unspecified atom stereocenters. The van der Waals surface area contributed by atoms with Crippen molar-refractivity contribution in [1.29, 1.82) is 0 Å². The summed E-state index contributed by atoms with van der Waals surface area (Å²) in [5.41, 5.74) is 0. The van der Waals surface area contributed by atoms with Gasteiger partial charge >= 0.3 is 0 Å². The maximum atomic E-state index is 2.44. The van der Waals surface area contributed by atoms with Crippen molar-refractivity contribution in [3.8, 4) is 0 Å². The molecule has 230 valence electrons. The fourth-order valence-electron chi connectivity index (χ4n) is 3.47. The molecule has 0 fully saturated rings. The van der Waals surface area contributed by atoms with E-state index >= 15 is 0 Å². The smallest absolute Gasteiger partial charge is 0.0414 e. The van der Waals surface area contributed by atoms with Gasteiger partial charge in [0.1, 0.15) is 0 Å². The lowest BCUT2D eigenvalue weighted by atomic mass is 9.80. The lowest BCUT2D eigenvalue weighted by molar-refractivity contribution is 0.255. The van der Waals surface area contributed by atoms with E-state index in [4.69, 9.17) is 0 Å². The molecule has 0 radical (unpaired) electrons. The molecule has 0 spiro atoms. The van der Waals surface area contributed by atoms with E-state index in [-0.39, 0.29) is 0 Å². The zero-order valence-corrected chi connectivity index (χ0v) is 30.4. The van der Waals surface area contributed by atoms with Crippen LogP contribution < -0.4 is 0 Å². The van der Waals surface area contributed by atoms with E-state index in [1.54, 1.807) is 0 Å². The summed E-state index contributed by atoms with van der Waals surface area (Å²) in [5, 5.41) is 0. The summed E-state index contributed by atoms with van der Waals surface area (Å²) in [4.78, 5) is 0. The van der Waals surface area contributed by atoms with Crippen molar-refractivity contribution in [2.45, 2.75) is 209 Å². The highest BCUT2D eigenvalue weighted by molar-refractivity contribution is 4.68. The van der Waals surface area contributed by atoms with Gasteiger partial charge in [0, 0.05) is 0 Å². The molecule has 0 heterocycles. The van der Waals surface area contributed by atoms with Gasteiger partial charge in [-0.1, -0.05) is 189 Å². The molecule has 0 N–H and O–H groups in total. The van der Waals surface area contributed by atoms with Crippen LogP contribution in [0.5, 0.6) is 0 Å². The van der Waals surface area contributed by atoms with E-state index in [9.17, 15) is 0 Å². The Hall–Kier alpha value is 0. The Balaban J connectivity index is -0.0000000696. The Bertz CT molecular complexity index is 249. The first kappa shape index (κ1) is 52.4. The van der Waals surface area contributed by atoms with Gasteiger partial charge < -0.3 is 0 Å². The first-order valence-electron chi connectivity index (χ1n) is 17.1. The lowest BCUT2D eigenvalue weighted by Gasteiger charge is -2.25. The van der Waals surface area contributed by atoms with Crippen LogP contribution in [-0.4, -0.2) is 0 Å². The third kappa shape index (κ3) is 70.0. The molecule has 0 rings (SSSR count). The van der Waals surface area contributed by atoms with Gasteiger partial charge in [0.05, 0.1) is 0 Å². The van der Waals surface area contributed by atoms with Crippen LogP contribution >= 0.6 is 0 Å². The molecule has 0 aliphatic heterocycles. The summed E-state index contributed by atoms with van der Waals surface area (Å²) in [6, 6.07) is 0. The van der Waals surface area contributed by atoms with Crippen LogP contribution in [0.4, 0.5) is 0 Å². The molecule has 0 aromatic rings. The van der Waals surface area contributed by atoms with Gasteiger partial charge in [0.25, 0.3) is 0 Å². The molecule has 0 saturated heterocycles. The van der Waals surface area contributed by atoms with E-state index < -0.39 is 0 Å². The zero-order valence-electron chi connectivity index (χ0n) is 30.4. The summed E-state index contributed by atoms with van der Waals surface area (Å²) in [5.74, 6) is 4.44. The molecule has 0 amide bonds. The van der Waals surface area contributed by atoms with Crippen molar-refractivity contribution in [1.82, 2.24) is 0 Å². The van der Waals surface area contributed by atoms with E-state index in [1.807, 2.05) is 41.5 Å². The molecule has 0 saturated carbocycles. The summed E-state index contributed by atoms with van der Waals surface area (Å²) in [6.45, 7) is 41.8. The number of hydrogen-bond donors (Lipinski definition) is 0. The predicted molar refractivity (Wildman–Crippen MR) is 181 cm³/mol. The quantitative estimate of drug-likeness (QED) is 0.213. The van der Waals surface area contributed by atoms with Crippen LogP contribution in [0.25, 0.3) is 0 Å². The van der Waals surface area contributed by atoms with Crippen LogP contribution in [0.3, 0.4) is 0 Å². The van der Waals surface area contributed by atoms with Crippen molar-refractivity contribution in [3.63, 3.8) is 0 Å². The first-order valence-corrected chi connectivity index (χ1v) is 17.1. The second kappa shape index (κ2) is 55.5. The highest BCUT2D eigenvalue weighted by Crippen LogP contribution is 2.28. The number of unbranched alkanes of at least 4 members (excludes halogenated alkanes) is 5. The summed E-state index contributed by atoms with van der Waals surface area (Å²) < 4.78 is 0. The van der Waals surface area contributed by atoms with Crippen LogP contribution in [-0.2, 0) is 0 Å². The minimum Gasteiger partial charge on any atom is -0.0683 e. The Morgan fingerprint density at radius 2 is 0.722 bits per heavy atom. The minimum absolute atomic E-state index is 0.849. The Morgan fingerprint density at radius 1 is 0.389 bits per heavy atom. The van der Waals surface area contributed by atoms with Crippen molar-refractivity contribution in [2.24, 2.45) is 29.6 Å². The SMILES string of the molecule is CC.CC.CC.CCC.CCC(C)CC(C)CC(C)C(C)CC(C)C.CCCC.CCCCCCC. The topological polar surface area (TPSA) is 0 Å². The van der Waals surface area contributed by atoms with Gasteiger partial charge in [-0.2, -0.15) is 0 Å². The van der Waals surface area contributed by atoms with Crippen LogP contribution in [0.2, 0.25) is 0 Å². The average molecular weight is 519 g/mol. The van der Waals surface area contributed by atoms with Crippen LogP contribution in [0, 0.1) is 29.6 Å². The molecule has 0 aliphatic rings. The standard InChI is InChI=1S/C16H34.C7H16.C4H10.C3H8.3C2H6/c1-8-13(4)10-14(5)11-16(7)15(6)9-12(2)3;1-3-5-7-6-4-2;1-3-4-2;1-3-2;3*1-2/h12-16H,8-11H2,1-7H3;3-7H2,1-2H3;3-4H2,1-2H3;3H2,1-2H3;3*1-2H3. The van der Waals surface area contributed by atoms with Gasteiger partial charge in [-0.05, 0) is 48.9 Å². The summed E-state index contributed by atoms with van der Waals surface area (Å²) in [6.07, 6.45) is 16.4. The molecule has 36 heavy (non-hydrogen) atoms. The van der Waals surface area contributed by atoms with E-state index in [0.29, 0.717) is 0 Å². The summed E-state index contributed by atoms with van der Waals surface area (Å²) in [7, 11) is 0. The van der Waals surface area contributed by atoms with Crippen LogP contribution in [0.15, 0.2) is 0 Å². The van der Waals surface area contributed by atoms with Gasteiger partial charge in [0.2, 0.25) is 0 Å². The third-order valence-electron chi connectivity index (χ3n) is 5.80. The van der Waals surface area contributed by atoms with Crippen molar-refractivity contribution >= 4 is 0 Å². The summed E-state index contributed by atoms with van der Waals surface area (Å²) >= 11 is 0. The van der Waals surface area contributed by atoms with Gasteiger partial charge in [-0.3, -0.25) is 0 Å². The van der Waals surface area contributed by atoms with E-state index in [2.05, 4.69) is 90.0 Å². The second-order valence-electron chi connectivity index (χ2n) is 10.4. The van der Waals surface area contributed by atoms with E-state index in [0.717, 1.165) is 29.6 Å². The molecule has 0 aromatic carbocycles. The maximum absolute atomic E-state index is 2.44. The fraction of sp³-hybridized carbons (Fsp3) is 1.00. The lowest BCUT2D eigenvalue weighted by Crippen LogP contribution is -2.15. The third-order valence-corrected chi connectivity index (χ3v) is 5.80. The maximum Gasteiger partial charge on any atom is -0.0414 e. The Kier molecular flexibility index (Phi) is 80.8. The normalized spacial score (nSPS) is 12.3.